The zero-order valence-corrected chi connectivity index (χ0v) is 13.6. The van der Waals surface area contributed by atoms with Crippen LogP contribution in [0.5, 0.6) is 0 Å². The third kappa shape index (κ3) is 3.05. The van der Waals surface area contributed by atoms with E-state index in [1.807, 2.05) is 37.3 Å². The van der Waals surface area contributed by atoms with Crippen molar-refractivity contribution < 1.29 is 15.0 Å². The average molecular weight is 330 g/mol. The summed E-state index contributed by atoms with van der Waals surface area (Å²) in [5.41, 5.74) is -1.22. The van der Waals surface area contributed by atoms with Crippen molar-refractivity contribution in [3.63, 3.8) is 0 Å². The molecule has 1 amide bonds. The number of hydrogen-bond donors (Lipinski definition) is 3. The number of amides is 1. The van der Waals surface area contributed by atoms with Gasteiger partial charge in [0.05, 0.1) is 24.8 Å². The van der Waals surface area contributed by atoms with Crippen LogP contribution < -0.4 is 0 Å². The van der Waals surface area contributed by atoms with E-state index in [9.17, 15) is 15.0 Å². The van der Waals surface area contributed by atoms with Gasteiger partial charge in [-0.2, -0.15) is 15.4 Å². The standard InChI is InChI=1S/C17H22N4O3/c1-2-16(23,13-6-4-3-5-7-13)10-15(22)21-9-8-17(24,12-21)14-11-18-20-19-14/h3-7,11,23-24H,2,8-10,12H2,1H3,(H,18,19,20)/t16-,17+/m1/s1. The minimum absolute atomic E-state index is 0.0115. The number of aromatic amines is 1. The highest BCUT2D eigenvalue weighted by atomic mass is 16.3. The van der Waals surface area contributed by atoms with Gasteiger partial charge in [0, 0.05) is 13.0 Å². The number of aromatic nitrogens is 3. The van der Waals surface area contributed by atoms with Gasteiger partial charge in [-0.1, -0.05) is 37.3 Å². The second kappa shape index (κ2) is 6.33. The first-order chi connectivity index (χ1) is 11.5. The highest BCUT2D eigenvalue weighted by Gasteiger charge is 2.43. The summed E-state index contributed by atoms with van der Waals surface area (Å²) in [7, 11) is 0. The smallest absolute Gasteiger partial charge is 0.225 e. The maximum atomic E-state index is 12.7. The van der Waals surface area contributed by atoms with Crippen LogP contribution in [0.2, 0.25) is 0 Å². The van der Waals surface area contributed by atoms with Gasteiger partial charge in [-0.05, 0) is 12.0 Å². The van der Waals surface area contributed by atoms with Gasteiger partial charge in [-0.3, -0.25) is 4.79 Å². The molecule has 1 aromatic heterocycles. The van der Waals surface area contributed by atoms with Crippen LogP contribution in [0.4, 0.5) is 0 Å². The molecule has 24 heavy (non-hydrogen) atoms. The zero-order chi connectivity index (χ0) is 17.2. The van der Waals surface area contributed by atoms with Crippen molar-refractivity contribution in [3.8, 4) is 0 Å². The van der Waals surface area contributed by atoms with Gasteiger partial charge in [0.15, 0.2) is 0 Å². The summed E-state index contributed by atoms with van der Waals surface area (Å²) in [6.45, 7) is 2.44. The maximum Gasteiger partial charge on any atom is 0.225 e. The van der Waals surface area contributed by atoms with Crippen LogP contribution in [0, 0.1) is 0 Å². The van der Waals surface area contributed by atoms with Gasteiger partial charge in [0.2, 0.25) is 5.91 Å². The number of carbonyl (C=O) groups excluding carboxylic acids is 1. The highest BCUT2D eigenvalue weighted by Crippen LogP contribution is 2.33. The third-order valence-corrected chi connectivity index (χ3v) is 4.83. The fraction of sp³-hybridized carbons (Fsp3) is 0.471. The summed E-state index contributed by atoms with van der Waals surface area (Å²) in [5, 5.41) is 31.7. The number of carbonyl (C=O) groups is 1. The van der Waals surface area contributed by atoms with Crippen LogP contribution in [0.1, 0.15) is 37.4 Å². The van der Waals surface area contributed by atoms with E-state index in [2.05, 4.69) is 15.4 Å². The Morgan fingerprint density at radius 2 is 2.17 bits per heavy atom. The van der Waals surface area contributed by atoms with Crippen molar-refractivity contribution >= 4 is 5.91 Å². The minimum Gasteiger partial charge on any atom is -0.385 e. The van der Waals surface area contributed by atoms with Gasteiger partial charge in [0.1, 0.15) is 11.3 Å². The molecule has 3 N–H and O–H groups in total. The van der Waals surface area contributed by atoms with Crippen molar-refractivity contribution in [2.45, 2.75) is 37.4 Å². The van der Waals surface area contributed by atoms with Crippen LogP contribution in [0.15, 0.2) is 36.5 Å². The molecular weight excluding hydrogens is 308 g/mol. The Morgan fingerprint density at radius 3 is 2.79 bits per heavy atom. The van der Waals surface area contributed by atoms with Crippen molar-refractivity contribution in [2.24, 2.45) is 0 Å². The van der Waals surface area contributed by atoms with Crippen LogP contribution in [0.3, 0.4) is 0 Å². The van der Waals surface area contributed by atoms with E-state index in [1.54, 1.807) is 4.90 Å². The van der Waals surface area contributed by atoms with Gasteiger partial charge in [-0.15, -0.1) is 0 Å². The molecule has 0 spiro atoms. The molecule has 0 bridgehead atoms. The summed E-state index contributed by atoms with van der Waals surface area (Å²) in [6.07, 6.45) is 2.30. The number of rotatable bonds is 5. The number of nitrogens with zero attached hydrogens (tertiary/aromatic N) is 3. The number of aliphatic hydroxyl groups is 2. The molecule has 2 atom stereocenters. The van der Waals surface area contributed by atoms with E-state index in [-0.39, 0.29) is 18.9 Å². The van der Waals surface area contributed by atoms with E-state index in [0.29, 0.717) is 25.1 Å². The molecule has 1 aromatic carbocycles. The number of likely N-dealkylation sites (tertiary alicyclic amines) is 1. The van der Waals surface area contributed by atoms with Gasteiger partial charge in [-0.25, -0.2) is 0 Å². The first kappa shape index (κ1) is 16.6. The Balaban J connectivity index is 1.71. The van der Waals surface area contributed by atoms with Gasteiger partial charge >= 0.3 is 0 Å². The summed E-state index contributed by atoms with van der Waals surface area (Å²) >= 11 is 0. The molecule has 128 valence electrons. The molecule has 1 fully saturated rings. The quantitative estimate of drug-likeness (QED) is 0.756. The summed E-state index contributed by atoms with van der Waals surface area (Å²) in [5.74, 6) is -0.178. The predicted octanol–water partition coefficient (Wildman–Crippen LogP) is 0.912. The fourth-order valence-electron chi connectivity index (χ4n) is 3.18. The van der Waals surface area contributed by atoms with E-state index in [0.717, 1.165) is 5.56 Å². The summed E-state index contributed by atoms with van der Waals surface area (Å²) < 4.78 is 0. The van der Waals surface area contributed by atoms with Gasteiger partial charge in [0.25, 0.3) is 0 Å². The monoisotopic (exact) mass is 330 g/mol. The molecule has 2 aromatic rings. The largest absolute Gasteiger partial charge is 0.385 e. The molecule has 1 saturated heterocycles. The number of benzene rings is 1. The van der Waals surface area contributed by atoms with Crippen LogP contribution >= 0.6 is 0 Å². The Bertz CT molecular complexity index is 691. The molecule has 7 heteroatoms. The Kier molecular flexibility index (Phi) is 4.38. The normalized spacial score (nSPS) is 23.2. The van der Waals surface area contributed by atoms with Crippen LogP contribution in [-0.2, 0) is 16.0 Å². The van der Waals surface area contributed by atoms with Crippen molar-refractivity contribution in [1.29, 1.82) is 0 Å². The van der Waals surface area contributed by atoms with E-state index < -0.39 is 11.2 Å². The lowest BCUT2D eigenvalue weighted by atomic mass is 9.87. The minimum atomic E-state index is -1.20. The molecule has 0 unspecified atom stereocenters. The Labute approximate surface area is 140 Å². The van der Waals surface area contributed by atoms with E-state index in [1.165, 1.54) is 6.20 Å². The second-order valence-electron chi connectivity index (χ2n) is 6.38. The highest BCUT2D eigenvalue weighted by molar-refractivity contribution is 5.78. The summed E-state index contributed by atoms with van der Waals surface area (Å²) in [6, 6.07) is 9.22. The van der Waals surface area contributed by atoms with Gasteiger partial charge < -0.3 is 15.1 Å². The molecule has 3 rings (SSSR count). The Morgan fingerprint density at radius 1 is 1.42 bits per heavy atom. The molecular formula is C17H22N4O3. The van der Waals surface area contributed by atoms with E-state index in [4.69, 9.17) is 0 Å². The average Bonchev–Trinajstić information content (AvgIpc) is 3.26. The SMILES string of the molecule is CC[C@@](O)(CC(=O)N1CC[C@@](O)(c2cn[nH]n2)C1)c1ccccc1. The number of nitrogens with one attached hydrogen (secondary N) is 1. The predicted molar refractivity (Wildman–Crippen MR) is 86.7 cm³/mol. The first-order valence-electron chi connectivity index (χ1n) is 8.11. The fourth-order valence-corrected chi connectivity index (χ4v) is 3.18. The van der Waals surface area contributed by atoms with E-state index >= 15 is 0 Å². The molecule has 0 aliphatic carbocycles. The molecule has 0 saturated carbocycles. The van der Waals surface area contributed by atoms with Crippen molar-refractivity contribution in [1.82, 2.24) is 20.3 Å². The third-order valence-electron chi connectivity index (χ3n) is 4.83. The lowest BCUT2D eigenvalue weighted by Gasteiger charge is -2.29. The van der Waals surface area contributed by atoms with Crippen LogP contribution in [0.25, 0.3) is 0 Å². The number of β-amino-alcohol motifs (C(OH)–C–C–N with tert-alkyl or cyclic N) is 1. The topological polar surface area (TPSA) is 102 Å². The molecule has 1 aliphatic heterocycles. The second-order valence-corrected chi connectivity index (χ2v) is 6.38. The Hall–Kier alpha value is -2.25. The lowest BCUT2D eigenvalue weighted by Crippen LogP contribution is -2.39. The van der Waals surface area contributed by atoms with Crippen LogP contribution in [-0.4, -0.2) is 49.5 Å². The summed E-state index contributed by atoms with van der Waals surface area (Å²) in [4.78, 5) is 14.2. The lowest BCUT2D eigenvalue weighted by molar-refractivity contribution is -0.137. The molecule has 0 radical (unpaired) electrons. The first-order valence-corrected chi connectivity index (χ1v) is 8.11. The van der Waals surface area contributed by atoms with Crippen molar-refractivity contribution in [2.75, 3.05) is 13.1 Å². The number of H-pyrrole nitrogens is 1. The zero-order valence-electron chi connectivity index (χ0n) is 13.6. The molecule has 7 nitrogen and oxygen atoms in total. The molecule has 1 aliphatic rings. The maximum absolute atomic E-state index is 12.7. The van der Waals surface area contributed by atoms with Crippen molar-refractivity contribution in [3.05, 3.63) is 47.8 Å². The molecule has 2 heterocycles. The number of hydrogen-bond acceptors (Lipinski definition) is 5.